The van der Waals surface area contributed by atoms with Crippen LogP contribution in [0.5, 0.6) is 5.75 Å². The minimum Gasteiger partial charge on any atom is -0.494 e. The Balaban J connectivity index is 1.38. The molecule has 3 heterocycles. The van der Waals surface area contributed by atoms with Gasteiger partial charge in [-0.05, 0) is 46.9 Å². The lowest BCUT2D eigenvalue weighted by molar-refractivity contribution is 0.122. The average molecular weight is 652 g/mol. The first kappa shape index (κ1) is 26.9. The Bertz CT molecular complexity index is 1380. The van der Waals surface area contributed by atoms with Gasteiger partial charge in [0.25, 0.3) is 0 Å². The van der Waals surface area contributed by atoms with Crippen molar-refractivity contribution in [2.24, 2.45) is 0 Å². The summed E-state index contributed by atoms with van der Waals surface area (Å²) < 4.78 is 40.1. The van der Waals surface area contributed by atoms with Gasteiger partial charge in [0.1, 0.15) is 16.5 Å². The maximum atomic E-state index is 13.4. The zero-order chi connectivity index (χ0) is 26.5. The van der Waals surface area contributed by atoms with Gasteiger partial charge in [-0.2, -0.15) is 9.29 Å². The van der Waals surface area contributed by atoms with Crippen molar-refractivity contribution in [3.05, 3.63) is 52.2 Å². The first-order valence-electron chi connectivity index (χ1n) is 12.3. The molecule has 11 nitrogen and oxygen atoms in total. The average Bonchev–Trinajstić information content (AvgIpc) is 2.96. The highest BCUT2D eigenvalue weighted by molar-refractivity contribution is 14.1. The Morgan fingerprint density at radius 1 is 1.03 bits per heavy atom. The molecule has 2 aliphatic rings. The molecule has 0 saturated carbocycles. The van der Waals surface area contributed by atoms with Crippen LogP contribution < -0.4 is 25.6 Å². The Hall–Kier alpha value is -2.72. The Morgan fingerprint density at radius 3 is 2.55 bits per heavy atom. The molecule has 3 N–H and O–H groups in total. The summed E-state index contributed by atoms with van der Waals surface area (Å²) >= 11 is 2.13. The van der Waals surface area contributed by atoms with Crippen molar-refractivity contribution in [3.63, 3.8) is 0 Å². The number of ether oxygens (including phenoxy) is 2. The first-order valence-corrected chi connectivity index (χ1v) is 14.8. The molecule has 1 aromatic heterocycles. The van der Waals surface area contributed by atoms with E-state index in [9.17, 15) is 8.42 Å². The second kappa shape index (κ2) is 12.0. The zero-order valence-corrected chi connectivity index (χ0v) is 24.0. The van der Waals surface area contributed by atoms with Gasteiger partial charge in [-0.3, -0.25) is 0 Å². The van der Waals surface area contributed by atoms with E-state index in [0.717, 1.165) is 28.0 Å². The van der Waals surface area contributed by atoms with Crippen LogP contribution in [0.25, 0.3) is 0 Å². The van der Waals surface area contributed by atoms with Gasteiger partial charge in [-0.25, -0.2) is 13.4 Å². The molecule has 0 aliphatic carbocycles. The lowest BCUT2D eigenvalue weighted by Gasteiger charge is -2.29. The van der Waals surface area contributed by atoms with Crippen LogP contribution in [0, 0.1) is 3.57 Å². The molecule has 0 spiro atoms. The van der Waals surface area contributed by atoms with E-state index in [1.165, 1.54) is 4.31 Å². The Morgan fingerprint density at radius 2 is 1.79 bits per heavy atom. The predicted octanol–water partition coefficient (Wildman–Crippen LogP) is 3.01. The van der Waals surface area contributed by atoms with Gasteiger partial charge in [-0.15, -0.1) is 0 Å². The molecule has 2 fully saturated rings. The van der Waals surface area contributed by atoms with Crippen molar-refractivity contribution in [1.29, 1.82) is 0 Å². The fraction of sp³-hybridized carbons (Fsp3) is 0.360. The van der Waals surface area contributed by atoms with E-state index >= 15 is 0 Å². The van der Waals surface area contributed by atoms with Gasteiger partial charge in [0, 0.05) is 57.2 Å². The monoisotopic (exact) mass is 651 g/mol. The van der Waals surface area contributed by atoms with E-state index < -0.39 is 10.0 Å². The summed E-state index contributed by atoms with van der Waals surface area (Å²) in [5.41, 5.74) is 2.24. The highest BCUT2D eigenvalue weighted by atomic mass is 127. The Labute approximate surface area is 236 Å². The Kier molecular flexibility index (Phi) is 8.48. The molecule has 2 aliphatic heterocycles. The lowest BCUT2D eigenvalue weighted by atomic mass is 10.2. The SMILES string of the molecule is COc1cc(N2CCOCC2)ccc1Nc1ncc(I)c(Nc2ccccc2S(=O)(=O)N2CCNCC2)n1. The number of benzene rings is 2. The number of para-hydroxylation sites is 1. The third-order valence-corrected chi connectivity index (χ3v) is 9.13. The van der Waals surface area contributed by atoms with Crippen molar-refractivity contribution < 1.29 is 17.9 Å². The van der Waals surface area contributed by atoms with Crippen LogP contribution in [0.3, 0.4) is 0 Å². The molecule has 3 aromatic rings. The van der Waals surface area contributed by atoms with Crippen LogP contribution in [-0.2, 0) is 14.8 Å². The second-order valence-electron chi connectivity index (χ2n) is 8.77. The number of hydrogen-bond donors (Lipinski definition) is 3. The molecule has 202 valence electrons. The van der Waals surface area contributed by atoms with Gasteiger partial charge in [0.15, 0.2) is 0 Å². The lowest BCUT2D eigenvalue weighted by Crippen LogP contribution is -2.46. The number of nitrogens with zero attached hydrogens (tertiary/aromatic N) is 4. The van der Waals surface area contributed by atoms with Crippen LogP contribution in [0.1, 0.15) is 0 Å². The number of hydrogen-bond acceptors (Lipinski definition) is 10. The summed E-state index contributed by atoms with van der Waals surface area (Å²) in [6, 6.07) is 12.8. The number of morpholine rings is 1. The molecular weight excluding hydrogens is 621 g/mol. The van der Waals surface area contributed by atoms with Gasteiger partial charge in [-0.1, -0.05) is 12.1 Å². The molecule has 0 unspecified atom stereocenters. The summed E-state index contributed by atoms with van der Waals surface area (Å²) in [5.74, 6) is 1.51. The number of aromatic nitrogens is 2. The third kappa shape index (κ3) is 5.96. The van der Waals surface area contributed by atoms with Crippen LogP contribution in [0.2, 0.25) is 0 Å². The minimum absolute atomic E-state index is 0.214. The minimum atomic E-state index is -3.67. The number of methoxy groups -OCH3 is 1. The van der Waals surface area contributed by atoms with Crippen LogP contribution in [0.4, 0.5) is 28.8 Å². The molecule has 2 aromatic carbocycles. The normalized spacial score (nSPS) is 16.7. The van der Waals surface area contributed by atoms with E-state index in [1.54, 1.807) is 37.6 Å². The molecule has 2 saturated heterocycles. The summed E-state index contributed by atoms with van der Waals surface area (Å²) in [6.45, 7) is 5.19. The molecule has 0 radical (unpaired) electrons. The fourth-order valence-corrected chi connectivity index (χ4v) is 6.37. The van der Waals surface area contributed by atoms with Gasteiger partial charge in [0.2, 0.25) is 16.0 Å². The van der Waals surface area contributed by atoms with E-state index in [0.29, 0.717) is 62.6 Å². The van der Waals surface area contributed by atoms with E-state index in [-0.39, 0.29) is 4.90 Å². The highest BCUT2D eigenvalue weighted by Crippen LogP contribution is 2.33. The smallest absolute Gasteiger partial charge is 0.245 e. The van der Waals surface area contributed by atoms with E-state index in [2.05, 4.69) is 53.4 Å². The maximum absolute atomic E-state index is 13.4. The molecule has 13 heteroatoms. The second-order valence-corrected chi connectivity index (χ2v) is 11.8. The number of nitrogens with one attached hydrogen (secondary N) is 3. The first-order chi connectivity index (χ1) is 18.5. The van der Waals surface area contributed by atoms with Gasteiger partial charge in [0.05, 0.1) is 35.3 Å². The van der Waals surface area contributed by atoms with E-state index in [4.69, 9.17) is 9.47 Å². The number of anilines is 5. The van der Waals surface area contributed by atoms with Crippen molar-refractivity contribution in [1.82, 2.24) is 19.6 Å². The number of sulfonamides is 1. The molecule has 0 bridgehead atoms. The number of halogens is 1. The quantitative estimate of drug-likeness (QED) is 0.314. The number of rotatable bonds is 8. The van der Waals surface area contributed by atoms with Crippen molar-refractivity contribution in [2.75, 3.05) is 75.1 Å². The van der Waals surface area contributed by atoms with Crippen LogP contribution in [-0.4, -0.2) is 82.3 Å². The van der Waals surface area contributed by atoms with Crippen LogP contribution in [0.15, 0.2) is 53.6 Å². The number of piperazine rings is 1. The third-order valence-electron chi connectivity index (χ3n) is 6.39. The fourth-order valence-electron chi connectivity index (χ4n) is 4.38. The molecular formula is C25H30IN7O4S. The van der Waals surface area contributed by atoms with Gasteiger partial charge >= 0.3 is 0 Å². The zero-order valence-electron chi connectivity index (χ0n) is 21.0. The van der Waals surface area contributed by atoms with E-state index in [1.807, 2.05) is 18.2 Å². The maximum Gasteiger partial charge on any atom is 0.245 e. The van der Waals surface area contributed by atoms with Crippen molar-refractivity contribution in [2.45, 2.75) is 4.90 Å². The molecule has 0 atom stereocenters. The highest BCUT2D eigenvalue weighted by Gasteiger charge is 2.28. The predicted molar refractivity (Wildman–Crippen MR) is 155 cm³/mol. The molecule has 0 amide bonds. The molecule has 38 heavy (non-hydrogen) atoms. The van der Waals surface area contributed by atoms with Crippen molar-refractivity contribution >= 4 is 61.4 Å². The van der Waals surface area contributed by atoms with Crippen LogP contribution >= 0.6 is 22.6 Å². The van der Waals surface area contributed by atoms with Crippen molar-refractivity contribution in [3.8, 4) is 5.75 Å². The molecule has 5 rings (SSSR count). The summed E-state index contributed by atoms with van der Waals surface area (Å²) in [5, 5.41) is 9.65. The topological polar surface area (TPSA) is 121 Å². The summed E-state index contributed by atoms with van der Waals surface area (Å²) in [4.78, 5) is 11.5. The largest absolute Gasteiger partial charge is 0.494 e. The summed E-state index contributed by atoms with van der Waals surface area (Å²) in [7, 11) is -2.04. The summed E-state index contributed by atoms with van der Waals surface area (Å²) in [6.07, 6.45) is 1.68. The standard InChI is InChI=1S/C25H30IN7O4S/c1-36-22-16-18(32-12-14-37-15-13-32)6-7-20(22)30-25-28-17-19(26)24(31-25)29-21-4-2-3-5-23(21)38(34,35)33-10-8-27-9-11-33/h2-7,16-17,27H,8-15H2,1H3,(H2,28,29,30,31). The van der Waals surface area contributed by atoms with Gasteiger partial charge < -0.3 is 30.3 Å².